The summed E-state index contributed by atoms with van der Waals surface area (Å²) in [5.41, 5.74) is -0.296. The molecule has 1 amide bonds. The van der Waals surface area contributed by atoms with Gasteiger partial charge < -0.3 is 5.32 Å². The summed E-state index contributed by atoms with van der Waals surface area (Å²) in [5.74, 6) is -0.331. The van der Waals surface area contributed by atoms with Crippen LogP contribution in [-0.4, -0.2) is 5.91 Å². The number of carbonyl (C=O) groups excluding carboxylic acids is 1. The molecule has 0 bridgehead atoms. The molecule has 0 spiro atoms. The number of carbonyl (C=O) groups is 1. The Morgan fingerprint density at radius 2 is 2.06 bits per heavy atom. The molecule has 0 radical (unpaired) electrons. The minimum absolute atomic E-state index is 0.331. The fraction of sp³-hybridized carbons (Fsp3) is 0.308. The zero-order valence-corrected chi connectivity index (χ0v) is 10.1. The summed E-state index contributed by atoms with van der Waals surface area (Å²) in [6.45, 7) is 3.32. The molecule has 0 aliphatic heterocycles. The highest BCUT2D eigenvalue weighted by atomic mass is 19.4. The van der Waals surface area contributed by atoms with Gasteiger partial charge in [-0.25, -0.2) is 0 Å². The molecule has 0 heterocycles. The second kappa shape index (κ2) is 5.71. The Bertz CT molecular complexity index is 452. The fourth-order valence-electron chi connectivity index (χ4n) is 1.48. The van der Waals surface area contributed by atoms with Gasteiger partial charge in [0.15, 0.2) is 0 Å². The molecule has 1 atom stereocenters. The summed E-state index contributed by atoms with van der Waals surface area (Å²) >= 11 is 0. The zero-order chi connectivity index (χ0) is 13.8. The summed E-state index contributed by atoms with van der Waals surface area (Å²) in [7, 11) is 0. The molecule has 1 rings (SSSR count). The molecule has 0 aliphatic carbocycles. The van der Waals surface area contributed by atoms with Gasteiger partial charge >= 0.3 is 6.18 Å². The largest absolute Gasteiger partial charge is 0.416 e. The van der Waals surface area contributed by atoms with E-state index in [1.165, 1.54) is 12.1 Å². The van der Waals surface area contributed by atoms with Gasteiger partial charge in [-0.1, -0.05) is 18.2 Å². The summed E-state index contributed by atoms with van der Waals surface area (Å²) in [6, 6.07) is 4.45. The molecule has 0 aliphatic rings. The van der Waals surface area contributed by atoms with E-state index in [2.05, 4.69) is 5.32 Å². The highest BCUT2D eigenvalue weighted by Crippen LogP contribution is 2.30. The van der Waals surface area contributed by atoms with Gasteiger partial charge in [-0.05, 0) is 37.6 Å². The Labute approximate surface area is 104 Å². The summed E-state index contributed by atoms with van der Waals surface area (Å²) < 4.78 is 37.5. The third kappa shape index (κ3) is 3.91. The molecule has 1 aromatic rings. The number of alkyl halides is 3. The van der Waals surface area contributed by atoms with E-state index >= 15 is 0 Å². The fourth-order valence-corrected chi connectivity index (χ4v) is 1.48. The number of nitrogens with one attached hydrogen (secondary N) is 1. The number of hydrogen-bond donors (Lipinski definition) is 1. The topological polar surface area (TPSA) is 29.1 Å². The van der Waals surface area contributed by atoms with E-state index < -0.39 is 17.8 Å². The molecule has 1 aromatic carbocycles. The van der Waals surface area contributed by atoms with Crippen LogP contribution in [0.2, 0.25) is 0 Å². The lowest BCUT2D eigenvalue weighted by atomic mass is 10.0. The maximum Gasteiger partial charge on any atom is 0.416 e. The molecular weight excluding hydrogens is 243 g/mol. The predicted molar refractivity (Wildman–Crippen MR) is 62.8 cm³/mol. The van der Waals surface area contributed by atoms with Crippen molar-refractivity contribution in [2.75, 3.05) is 0 Å². The first-order chi connectivity index (χ1) is 8.34. The SMILES string of the molecule is C/C=C/C(=O)N[C@@H](C)c1cccc(C(F)(F)F)c1. The number of hydrogen-bond acceptors (Lipinski definition) is 1. The molecule has 18 heavy (non-hydrogen) atoms. The summed E-state index contributed by atoms with van der Waals surface area (Å²) in [4.78, 5) is 11.3. The first-order valence-corrected chi connectivity index (χ1v) is 5.45. The van der Waals surface area contributed by atoms with Gasteiger partial charge in [-0.15, -0.1) is 0 Å². The van der Waals surface area contributed by atoms with Crippen LogP contribution >= 0.6 is 0 Å². The average Bonchev–Trinajstić information content (AvgIpc) is 2.28. The van der Waals surface area contributed by atoms with E-state index in [0.29, 0.717) is 5.56 Å². The van der Waals surface area contributed by atoms with E-state index in [9.17, 15) is 18.0 Å². The molecule has 0 unspecified atom stereocenters. The van der Waals surface area contributed by atoms with Crippen molar-refractivity contribution in [3.63, 3.8) is 0 Å². The van der Waals surface area contributed by atoms with Crippen LogP contribution in [0.25, 0.3) is 0 Å². The highest BCUT2D eigenvalue weighted by molar-refractivity contribution is 5.87. The second-order valence-corrected chi connectivity index (χ2v) is 3.85. The van der Waals surface area contributed by atoms with Crippen LogP contribution in [0.4, 0.5) is 13.2 Å². The van der Waals surface area contributed by atoms with E-state index in [0.717, 1.165) is 12.1 Å². The Hall–Kier alpha value is -1.78. The van der Waals surface area contributed by atoms with Crippen LogP contribution < -0.4 is 5.32 Å². The van der Waals surface area contributed by atoms with Crippen molar-refractivity contribution in [2.45, 2.75) is 26.1 Å². The molecule has 2 nitrogen and oxygen atoms in total. The van der Waals surface area contributed by atoms with Gasteiger partial charge in [-0.3, -0.25) is 4.79 Å². The Balaban J connectivity index is 2.87. The second-order valence-electron chi connectivity index (χ2n) is 3.85. The summed E-state index contributed by atoms with van der Waals surface area (Å²) in [6.07, 6.45) is -1.48. The number of amides is 1. The van der Waals surface area contributed by atoms with Crippen LogP contribution in [0.1, 0.15) is 31.0 Å². The van der Waals surface area contributed by atoms with Crippen LogP contribution in [0, 0.1) is 0 Å². The number of benzene rings is 1. The molecule has 0 aromatic heterocycles. The minimum Gasteiger partial charge on any atom is -0.346 e. The van der Waals surface area contributed by atoms with Crippen molar-refractivity contribution >= 4 is 5.91 Å². The number of rotatable bonds is 3. The van der Waals surface area contributed by atoms with E-state index in [1.807, 2.05) is 0 Å². The first-order valence-electron chi connectivity index (χ1n) is 5.45. The van der Waals surface area contributed by atoms with E-state index in [4.69, 9.17) is 0 Å². The molecule has 98 valence electrons. The standard InChI is InChI=1S/C13H14F3NO/c1-3-5-12(18)17-9(2)10-6-4-7-11(8-10)13(14,15)16/h3-9H,1-2H3,(H,17,18)/b5-3+/t9-/m0/s1. The monoisotopic (exact) mass is 257 g/mol. The van der Waals surface area contributed by atoms with E-state index in [-0.39, 0.29) is 5.91 Å². The third-order valence-corrected chi connectivity index (χ3v) is 2.39. The van der Waals surface area contributed by atoms with Gasteiger partial charge in [0.05, 0.1) is 11.6 Å². The number of halogens is 3. The molecule has 1 N–H and O–H groups in total. The zero-order valence-electron chi connectivity index (χ0n) is 10.1. The minimum atomic E-state index is -4.37. The van der Waals surface area contributed by atoms with Crippen LogP contribution in [0.15, 0.2) is 36.4 Å². The van der Waals surface area contributed by atoms with Gasteiger partial charge in [0, 0.05) is 0 Å². The molecule has 0 saturated heterocycles. The predicted octanol–water partition coefficient (Wildman–Crippen LogP) is 3.46. The smallest absolute Gasteiger partial charge is 0.346 e. The van der Waals surface area contributed by atoms with Gasteiger partial charge in [0.25, 0.3) is 0 Å². The van der Waals surface area contributed by atoms with Crippen molar-refractivity contribution in [1.29, 1.82) is 0 Å². The Kier molecular flexibility index (Phi) is 4.53. The van der Waals surface area contributed by atoms with E-state index in [1.54, 1.807) is 26.0 Å². The molecule has 0 fully saturated rings. The maximum absolute atomic E-state index is 12.5. The van der Waals surface area contributed by atoms with Crippen LogP contribution in [0.3, 0.4) is 0 Å². The molecule has 5 heteroatoms. The number of allylic oxidation sites excluding steroid dienone is 1. The van der Waals surface area contributed by atoms with Crippen molar-refractivity contribution in [3.05, 3.63) is 47.5 Å². The first kappa shape index (κ1) is 14.3. The van der Waals surface area contributed by atoms with Crippen molar-refractivity contribution in [1.82, 2.24) is 5.32 Å². The maximum atomic E-state index is 12.5. The Morgan fingerprint density at radius 1 is 1.39 bits per heavy atom. The highest BCUT2D eigenvalue weighted by Gasteiger charge is 2.30. The Morgan fingerprint density at radius 3 is 2.61 bits per heavy atom. The lowest BCUT2D eigenvalue weighted by molar-refractivity contribution is -0.137. The van der Waals surface area contributed by atoms with Gasteiger partial charge in [-0.2, -0.15) is 13.2 Å². The third-order valence-electron chi connectivity index (χ3n) is 2.39. The molecular formula is C13H14F3NO. The normalized spacial score (nSPS) is 13.6. The quantitative estimate of drug-likeness (QED) is 0.825. The van der Waals surface area contributed by atoms with Crippen LogP contribution in [-0.2, 0) is 11.0 Å². The van der Waals surface area contributed by atoms with Crippen LogP contribution in [0.5, 0.6) is 0 Å². The van der Waals surface area contributed by atoms with Crippen molar-refractivity contribution in [2.24, 2.45) is 0 Å². The van der Waals surface area contributed by atoms with Crippen molar-refractivity contribution in [3.8, 4) is 0 Å². The lowest BCUT2D eigenvalue weighted by Gasteiger charge is -2.15. The van der Waals surface area contributed by atoms with Gasteiger partial charge in [0.1, 0.15) is 0 Å². The average molecular weight is 257 g/mol. The lowest BCUT2D eigenvalue weighted by Crippen LogP contribution is -2.24. The van der Waals surface area contributed by atoms with Gasteiger partial charge in [0.2, 0.25) is 5.91 Å². The summed E-state index contributed by atoms with van der Waals surface area (Å²) in [5, 5.41) is 2.58. The molecule has 0 saturated carbocycles. The van der Waals surface area contributed by atoms with Crippen molar-refractivity contribution < 1.29 is 18.0 Å².